The molecule has 0 saturated carbocycles. The number of nitrogens with one attached hydrogen (secondary N) is 1. The summed E-state index contributed by atoms with van der Waals surface area (Å²) in [5, 5.41) is 16.5. The first-order valence-electron chi connectivity index (χ1n) is 10.7. The molecule has 2 amide bonds. The summed E-state index contributed by atoms with van der Waals surface area (Å²) in [6.45, 7) is 5.43. The fourth-order valence-corrected chi connectivity index (χ4v) is 4.05. The van der Waals surface area contributed by atoms with Crippen LogP contribution in [0.5, 0.6) is 0 Å². The van der Waals surface area contributed by atoms with Gasteiger partial charge in [0.25, 0.3) is 0 Å². The lowest BCUT2D eigenvalue weighted by molar-refractivity contribution is -0.132. The van der Waals surface area contributed by atoms with Gasteiger partial charge < -0.3 is 10.2 Å². The third kappa shape index (κ3) is 5.10. The van der Waals surface area contributed by atoms with Gasteiger partial charge in [0.2, 0.25) is 11.8 Å². The van der Waals surface area contributed by atoms with Crippen LogP contribution < -0.4 is 5.32 Å². The van der Waals surface area contributed by atoms with Gasteiger partial charge in [-0.2, -0.15) is 10.4 Å². The number of aromatic nitrogens is 2. The summed E-state index contributed by atoms with van der Waals surface area (Å²) < 4.78 is 1.57. The Labute approximate surface area is 181 Å². The minimum atomic E-state index is -0.184. The Hall–Kier alpha value is -3.22. The first kappa shape index (κ1) is 21.0. The van der Waals surface area contributed by atoms with E-state index in [-0.39, 0.29) is 18.4 Å². The summed E-state index contributed by atoms with van der Waals surface area (Å²) >= 11 is 0. The quantitative estimate of drug-likeness (QED) is 0.745. The van der Waals surface area contributed by atoms with E-state index in [1.54, 1.807) is 4.68 Å². The molecule has 2 aromatic rings. The van der Waals surface area contributed by atoms with Crippen LogP contribution in [-0.2, 0) is 9.59 Å². The number of nitriles is 1. The fourth-order valence-electron chi connectivity index (χ4n) is 4.05. The molecule has 9 nitrogen and oxygen atoms in total. The molecule has 31 heavy (non-hydrogen) atoms. The van der Waals surface area contributed by atoms with Crippen molar-refractivity contribution in [1.29, 1.82) is 5.26 Å². The molecule has 0 spiro atoms. The maximum atomic E-state index is 12.7. The number of nitrogens with zero attached hydrogens (tertiary/aromatic N) is 6. The van der Waals surface area contributed by atoms with Crippen LogP contribution in [-0.4, -0.2) is 88.7 Å². The zero-order valence-electron chi connectivity index (χ0n) is 17.5. The average molecular weight is 422 g/mol. The Balaban J connectivity index is 1.30. The predicted octanol–water partition coefficient (Wildman–Crippen LogP) is 0.922. The molecule has 0 radical (unpaired) electrons. The molecule has 0 aliphatic carbocycles. The molecule has 1 N–H and O–H groups in total. The van der Waals surface area contributed by atoms with Crippen LogP contribution >= 0.6 is 0 Å². The van der Waals surface area contributed by atoms with E-state index in [1.165, 1.54) is 6.20 Å². The van der Waals surface area contributed by atoms with E-state index >= 15 is 0 Å². The zero-order valence-corrected chi connectivity index (χ0v) is 17.5. The predicted molar refractivity (Wildman–Crippen MR) is 116 cm³/mol. The first-order valence-corrected chi connectivity index (χ1v) is 10.7. The minimum Gasteiger partial charge on any atom is -0.342 e. The molecule has 2 aliphatic heterocycles. The minimum absolute atomic E-state index is 0.184. The van der Waals surface area contributed by atoms with Gasteiger partial charge in [-0.1, -0.05) is 18.2 Å². The molecule has 2 fully saturated rings. The van der Waals surface area contributed by atoms with Gasteiger partial charge in [0.05, 0.1) is 25.0 Å². The van der Waals surface area contributed by atoms with Gasteiger partial charge in [0.15, 0.2) is 5.82 Å². The van der Waals surface area contributed by atoms with Crippen LogP contribution in [0, 0.1) is 11.3 Å². The molecular weight excluding hydrogens is 394 g/mol. The molecule has 3 heterocycles. The second-order valence-electron chi connectivity index (χ2n) is 7.95. The van der Waals surface area contributed by atoms with Crippen LogP contribution in [0.25, 0.3) is 5.69 Å². The van der Waals surface area contributed by atoms with Crippen molar-refractivity contribution < 1.29 is 9.59 Å². The summed E-state index contributed by atoms with van der Waals surface area (Å²) in [6, 6.07) is 11.5. The lowest BCUT2D eigenvalue weighted by Crippen LogP contribution is -2.51. The third-order valence-electron chi connectivity index (χ3n) is 5.80. The molecule has 0 unspecified atom stereocenters. The number of para-hydroxylation sites is 1. The van der Waals surface area contributed by atoms with Crippen molar-refractivity contribution in [1.82, 2.24) is 24.5 Å². The Kier molecular flexibility index (Phi) is 6.60. The summed E-state index contributed by atoms with van der Waals surface area (Å²) in [7, 11) is 0. The van der Waals surface area contributed by atoms with Crippen molar-refractivity contribution in [2.24, 2.45) is 0 Å². The van der Waals surface area contributed by atoms with Gasteiger partial charge in [-0.3, -0.25) is 19.4 Å². The van der Waals surface area contributed by atoms with Crippen molar-refractivity contribution in [3.63, 3.8) is 0 Å². The van der Waals surface area contributed by atoms with Crippen LogP contribution in [0.1, 0.15) is 18.4 Å². The van der Waals surface area contributed by atoms with E-state index < -0.39 is 0 Å². The Morgan fingerprint density at radius 3 is 2.26 bits per heavy atom. The second kappa shape index (κ2) is 9.73. The first-order chi connectivity index (χ1) is 15.1. The summed E-state index contributed by atoms with van der Waals surface area (Å²) in [5.41, 5.74) is 1.10. The van der Waals surface area contributed by atoms with Crippen molar-refractivity contribution in [2.45, 2.75) is 12.8 Å². The topological polar surface area (TPSA) is 97.5 Å². The summed E-state index contributed by atoms with van der Waals surface area (Å²) in [6.07, 6.45) is 3.66. The molecule has 162 valence electrons. The number of hydrogen-bond acceptors (Lipinski definition) is 6. The molecule has 2 saturated heterocycles. The van der Waals surface area contributed by atoms with Crippen LogP contribution in [0.4, 0.5) is 5.82 Å². The van der Waals surface area contributed by atoms with Gasteiger partial charge in [-0.05, 0) is 25.0 Å². The highest BCUT2D eigenvalue weighted by Gasteiger charge is 2.24. The van der Waals surface area contributed by atoms with Crippen molar-refractivity contribution >= 4 is 17.6 Å². The molecule has 0 atom stereocenters. The highest BCUT2D eigenvalue weighted by atomic mass is 16.2. The summed E-state index contributed by atoms with van der Waals surface area (Å²) in [5.74, 6) is 0.409. The highest BCUT2D eigenvalue weighted by molar-refractivity contribution is 5.93. The van der Waals surface area contributed by atoms with E-state index in [0.717, 1.165) is 57.8 Å². The van der Waals surface area contributed by atoms with Gasteiger partial charge >= 0.3 is 0 Å². The van der Waals surface area contributed by atoms with Gasteiger partial charge in [0.1, 0.15) is 11.6 Å². The number of rotatable bonds is 6. The zero-order chi connectivity index (χ0) is 21.6. The van der Waals surface area contributed by atoms with Crippen LogP contribution in [0.15, 0.2) is 36.5 Å². The SMILES string of the molecule is N#Cc1cnn(-c2ccccc2)c1NC(=O)CN1CCN(CC(=O)N2CCCC2)CC1. The monoisotopic (exact) mass is 421 g/mol. The number of piperazine rings is 1. The summed E-state index contributed by atoms with van der Waals surface area (Å²) in [4.78, 5) is 31.2. The lowest BCUT2D eigenvalue weighted by atomic mass is 10.3. The van der Waals surface area contributed by atoms with Crippen molar-refractivity contribution in [2.75, 3.05) is 57.7 Å². The molecule has 1 aromatic heterocycles. The molecule has 2 aliphatic rings. The molecule has 0 bridgehead atoms. The highest BCUT2D eigenvalue weighted by Crippen LogP contribution is 2.19. The average Bonchev–Trinajstić information content (AvgIpc) is 3.46. The van der Waals surface area contributed by atoms with E-state index in [2.05, 4.69) is 26.3 Å². The largest absolute Gasteiger partial charge is 0.342 e. The number of benzene rings is 1. The number of carbonyl (C=O) groups is 2. The number of hydrogen-bond donors (Lipinski definition) is 1. The number of carbonyl (C=O) groups excluding carboxylic acids is 2. The van der Waals surface area contributed by atoms with Gasteiger partial charge in [0, 0.05) is 39.3 Å². The molecule has 4 rings (SSSR count). The van der Waals surface area contributed by atoms with Gasteiger partial charge in [-0.15, -0.1) is 0 Å². The normalized spacial score (nSPS) is 17.5. The standard InChI is InChI=1S/C22H27N7O2/c23-14-18-15-24-29(19-6-2-1-3-7-19)22(18)25-20(30)16-26-10-12-27(13-11-26)17-21(31)28-8-4-5-9-28/h1-3,6-7,15H,4-5,8-13,16-17H2,(H,25,30). The van der Waals surface area contributed by atoms with Crippen molar-refractivity contribution in [3.05, 3.63) is 42.1 Å². The van der Waals surface area contributed by atoms with E-state index in [9.17, 15) is 14.9 Å². The molecular formula is C22H27N7O2. The number of anilines is 1. The second-order valence-corrected chi connectivity index (χ2v) is 7.95. The van der Waals surface area contributed by atoms with Gasteiger partial charge in [-0.25, -0.2) is 4.68 Å². The van der Waals surface area contributed by atoms with Crippen LogP contribution in [0.3, 0.4) is 0 Å². The van der Waals surface area contributed by atoms with E-state index in [1.807, 2.05) is 35.2 Å². The van der Waals surface area contributed by atoms with Crippen molar-refractivity contribution in [3.8, 4) is 11.8 Å². The Morgan fingerprint density at radius 2 is 1.61 bits per heavy atom. The number of amides is 2. The Bertz CT molecular complexity index is 952. The molecule has 1 aromatic carbocycles. The maximum Gasteiger partial charge on any atom is 0.239 e. The van der Waals surface area contributed by atoms with Crippen LogP contribution in [0.2, 0.25) is 0 Å². The smallest absolute Gasteiger partial charge is 0.239 e. The third-order valence-corrected chi connectivity index (χ3v) is 5.80. The van der Waals surface area contributed by atoms with E-state index in [4.69, 9.17) is 0 Å². The maximum absolute atomic E-state index is 12.7. The fraction of sp³-hybridized carbons (Fsp3) is 0.455. The van der Waals surface area contributed by atoms with E-state index in [0.29, 0.717) is 17.9 Å². The lowest BCUT2D eigenvalue weighted by Gasteiger charge is -2.34. The number of likely N-dealkylation sites (tertiary alicyclic amines) is 1. The molecule has 9 heteroatoms. The Morgan fingerprint density at radius 1 is 0.968 bits per heavy atom.